The van der Waals surface area contributed by atoms with E-state index in [2.05, 4.69) is 15.5 Å². The molecule has 1 saturated carbocycles. The van der Waals surface area contributed by atoms with Gasteiger partial charge in [-0.25, -0.2) is 4.68 Å². The molecular weight excluding hydrogens is 290 g/mol. The number of nitrogens with zero attached hydrogens (tertiary/aromatic N) is 4. The third kappa shape index (κ3) is 3.44. The molecule has 6 nitrogen and oxygen atoms in total. The van der Waals surface area contributed by atoms with Gasteiger partial charge in [-0.15, -0.1) is 0 Å². The third-order valence-electron chi connectivity index (χ3n) is 3.58. The molecule has 0 bridgehead atoms. The number of hydrogen-bond acceptors (Lipinski definition) is 4. The molecular formula is C14H18ClN5O. The molecule has 0 spiro atoms. The minimum Gasteiger partial charge on any atom is -0.379 e. The second-order valence-electron chi connectivity index (χ2n) is 5.46. The largest absolute Gasteiger partial charge is 0.379 e. The number of anilines is 1. The standard InChI is InChI=1S/C14H18ClN5O/c1-19-7-5-11(18-19)4-6-16-13-12(15)8-17-20(14(13)21)9-10-2-3-10/h5,7-8,10,16H,2-4,6,9H2,1H3. The summed E-state index contributed by atoms with van der Waals surface area (Å²) in [5, 5.41) is 11.9. The van der Waals surface area contributed by atoms with E-state index in [1.807, 2.05) is 19.3 Å². The van der Waals surface area contributed by atoms with E-state index in [1.54, 1.807) is 4.68 Å². The second-order valence-corrected chi connectivity index (χ2v) is 5.86. The Hall–Kier alpha value is -1.82. The summed E-state index contributed by atoms with van der Waals surface area (Å²) >= 11 is 6.08. The molecule has 7 heteroatoms. The first-order valence-corrected chi connectivity index (χ1v) is 7.49. The van der Waals surface area contributed by atoms with Crippen LogP contribution in [0.4, 0.5) is 5.69 Å². The topological polar surface area (TPSA) is 64.7 Å². The van der Waals surface area contributed by atoms with Crippen molar-refractivity contribution in [3.63, 3.8) is 0 Å². The van der Waals surface area contributed by atoms with Crippen molar-refractivity contribution in [3.05, 3.63) is 39.5 Å². The van der Waals surface area contributed by atoms with Gasteiger partial charge in [-0.3, -0.25) is 9.48 Å². The Balaban J connectivity index is 1.67. The SMILES string of the molecule is Cn1ccc(CCNc2c(Cl)cnn(CC3CC3)c2=O)n1. The van der Waals surface area contributed by atoms with E-state index in [1.165, 1.54) is 23.7 Å². The van der Waals surface area contributed by atoms with Gasteiger partial charge in [0, 0.05) is 32.8 Å². The van der Waals surface area contributed by atoms with Crippen LogP contribution in [0.3, 0.4) is 0 Å². The van der Waals surface area contributed by atoms with E-state index >= 15 is 0 Å². The van der Waals surface area contributed by atoms with Crippen LogP contribution in [-0.2, 0) is 20.0 Å². The van der Waals surface area contributed by atoms with E-state index in [-0.39, 0.29) is 5.56 Å². The molecule has 0 atom stereocenters. The lowest BCUT2D eigenvalue weighted by atomic mass is 10.3. The van der Waals surface area contributed by atoms with Gasteiger partial charge in [-0.05, 0) is 24.8 Å². The fourth-order valence-corrected chi connectivity index (χ4v) is 2.41. The Labute approximate surface area is 127 Å². The maximum Gasteiger partial charge on any atom is 0.291 e. The summed E-state index contributed by atoms with van der Waals surface area (Å²) < 4.78 is 3.27. The highest BCUT2D eigenvalue weighted by Crippen LogP contribution is 2.30. The van der Waals surface area contributed by atoms with Crippen molar-refractivity contribution in [1.29, 1.82) is 0 Å². The van der Waals surface area contributed by atoms with Crippen LogP contribution in [-0.4, -0.2) is 26.1 Å². The maximum atomic E-state index is 12.3. The van der Waals surface area contributed by atoms with Crippen molar-refractivity contribution < 1.29 is 0 Å². The van der Waals surface area contributed by atoms with E-state index in [9.17, 15) is 4.79 Å². The van der Waals surface area contributed by atoms with Crippen LogP contribution in [0, 0.1) is 5.92 Å². The quantitative estimate of drug-likeness (QED) is 0.882. The van der Waals surface area contributed by atoms with Crippen molar-refractivity contribution >= 4 is 17.3 Å². The second kappa shape index (κ2) is 5.89. The fourth-order valence-electron chi connectivity index (χ4n) is 2.22. The lowest BCUT2D eigenvalue weighted by Crippen LogP contribution is -2.27. The van der Waals surface area contributed by atoms with Gasteiger partial charge >= 0.3 is 0 Å². The van der Waals surface area contributed by atoms with Crippen molar-refractivity contribution in [2.75, 3.05) is 11.9 Å². The van der Waals surface area contributed by atoms with Gasteiger partial charge in [-0.1, -0.05) is 11.6 Å². The van der Waals surface area contributed by atoms with Crippen molar-refractivity contribution in [3.8, 4) is 0 Å². The molecule has 1 aliphatic rings. The number of halogens is 1. The van der Waals surface area contributed by atoms with Gasteiger partial charge in [0.05, 0.1) is 16.9 Å². The molecule has 21 heavy (non-hydrogen) atoms. The maximum absolute atomic E-state index is 12.3. The Bertz CT molecular complexity index is 689. The van der Waals surface area contributed by atoms with E-state index in [4.69, 9.17) is 11.6 Å². The smallest absolute Gasteiger partial charge is 0.291 e. The molecule has 2 aromatic heterocycles. The van der Waals surface area contributed by atoms with Gasteiger partial charge in [0.15, 0.2) is 0 Å². The summed E-state index contributed by atoms with van der Waals surface area (Å²) in [6.07, 6.45) is 6.53. The molecule has 3 rings (SSSR count). The first-order valence-electron chi connectivity index (χ1n) is 7.11. The fraction of sp³-hybridized carbons (Fsp3) is 0.500. The highest BCUT2D eigenvalue weighted by Gasteiger charge is 2.23. The summed E-state index contributed by atoms with van der Waals surface area (Å²) in [4.78, 5) is 12.3. The van der Waals surface area contributed by atoms with Gasteiger partial charge in [0.25, 0.3) is 5.56 Å². The zero-order valence-electron chi connectivity index (χ0n) is 11.9. The first kappa shape index (κ1) is 14.1. The van der Waals surface area contributed by atoms with Gasteiger partial charge in [0.1, 0.15) is 5.69 Å². The van der Waals surface area contributed by atoms with Crippen molar-refractivity contribution in [2.45, 2.75) is 25.8 Å². The predicted molar refractivity (Wildman–Crippen MR) is 81.6 cm³/mol. The average molecular weight is 308 g/mol. The molecule has 1 aliphatic carbocycles. The Morgan fingerprint density at radius 2 is 2.29 bits per heavy atom. The summed E-state index contributed by atoms with van der Waals surface area (Å²) in [5.74, 6) is 0.595. The zero-order chi connectivity index (χ0) is 14.8. The van der Waals surface area contributed by atoms with Crippen molar-refractivity contribution in [2.24, 2.45) is 13.0 Å². The normalized spacial score (nSPS) is 14.4. The molecule has 2 aromatic rings. The number of nitrogens with one attached hydrogen (secondary N) is 1. The van der Waals surface area contributed by atoms with Crippen LogP contribution in [0.1, 0.15) is 18.5 Å². The molecule has 2 heterocycles. The van der Waals surface area contributed by atoms with Crippen LogP contribution < -0.4 is 10.9 Å². The van der Waals surface area contributed by atoms with Gasteiger partial charge in [-0.2, -0.15) is 10.2 Å². The molecule has 0 aromatic carbocycles. The van der Waals surface area contributed by atoms with Crippen LogP contribution in [0.15, 0.2) is 23.3 Å². The monoisotopic (exact) mass is 307 g/mol. The van der Waals surface area contributed by atoms with E-state index in [0.717, 1.165) is 12.1 Å². The highest BCUT2D eigenvalue weighted by molar-refractivity contribution is 6.32. The number of aryl methyl sites for hydroxylation is 1. The van der Waals surface area contributed by atoms with E-state index < -0.39 is 0 Å². The Kier molecular flexibility index (Phi) is 3.96. The van der Waals surface area contributed by atoms with E-state index in [0.29, 0.717) is 29.7 Å². The van der Waals surface area contributed by atoms with Gasteiger partial charge in [0.2, 0.25) is 0 Å². The van der Waals surface area contributed by atoms with Crippen LogP contribution >= 0.6 is 11.6 Å². The average Bonchev–Trinajstić information content (AvgIpc) is 3.18. The molecule has 0 radical (unpaired) electrons. The van der Waals surface area contributed by atoms with Crippen LogP contribution in [0.25, 0.3) is 0 Å². The predicted octanol–water partition coefficient (Wildman–Crippen LogP) is 1.69. The molecule has 0 unspecified atom stereocenters. The molecule has 0 saturated heterocycles. The first-order chi connectivity index (χ1) is 10.1. The molecule has 1 N–H and O–H groups in total. The minimum absolute atomic E-state index is 0.143. The number of aromatic nitrogens is 4. The lowest BCUT2D eigenvalue weighted by Gasteiger charge is -2.10. The molecule has 1 fully saturated rings. The minimum atomic E-state index is -0.143. The number of rotatable bonds is 6. The third-order valence-corrected chi connectivity index (χ3v) is 3.86. The number of hydrogen-bond donors (Lipinski definition) is 1. The Morgan fingerprint density at radius 1 is 1.48 bits per heavy atom. The van der Waals surface area contributed by atoms with Gasteiger partial charge < -0.3 is 5.32 Å². The molecule has 0 aliphatic heterocycles. The van der Waals surface area contributed by atoms with Crippen LogP contribution in [0.5, 0.6) is 0 Å². The van der Waals surface area contributed by atoms with Crippen LogP contribution in [0.2, 0.25) is 5.02 Å². The summed E-state index contributed by atoms with van der Waals surface area (Å²) in [6.45, 7) is 1.30. The summed E-state index contributed by atoms with van der Waals surface area (Å²) in [6, 6.07) is 1.96. The van der Waals surface area contributed by atoms with Crippen molar-refractivity contribution in [1.82, 2.24) is 19.6 Å². The zero-order valence-corrected chi connectivity index (χ0v) is 12.7. The summed E-state index contributed by atoms with van der Waals surface area (Å²) in [7, 11) is 1.88. The molecule has 112 valence electrons. The highest BCUT2D eigenvalue weighted by atomic mass is 35.5. The Morgan fingerprint density at radius 3 is 2.95 bits per heavy atom. The summed E-state index contributed by atoms with van der Waals surface area (Å²) in [5.41, 5.74) is 1.27. The lowest BCUT2D eigenvalue weighted by molar-refractivity contribution is 0.534. The molecule has 0 amide bonds.